The fourth-order valence-electron chi connectivity index (χ4n) is 8.41. The van der Waals surface area contributed by atoms with Crippen molar-refractivity contribution in [2.24, 2.45) is 23.2 Å². The third kappa shape index (κ3) is 3.36. The molecular formula is C29H33N3O3. The molecule has 4 bridgehead atoms. The zero-order chi connectivity index (χ0) is 23.7. The Bertz CT molecular complexity index is 1140. The Labute approximate surface area is 206 Å². The van der Waals surface area contributed by atoms with Gasteiger partial charge in [-0.25, -0.2) is 0 Å². The highest BCUT2D eigenvalue weighted by Gasteiger charge is 2.55. The second-order valence-electron chi connectivity index (χ2n) is 11.8. The number of hydrogen-bond acceptors (Lipinski definition) is 4. The van der Waals surface area contributed by atoms with Gasteiger partial charge in [-0.2, -0.15) is 0 Å². The molecular weight excluding hydrogens is 438 g/mol. The first-order chi connectivity index (χ1) is 17.0. The molecule has 0 unspecified atom stereocenters. The fourth-order valence-corrected chi connectivity index (χ4v) is 8.41. The Hall–Kier alpha value is -2.73. The molecule has 6 heteroatoms. The monoisotopic (exact) mass is 471 g/mol. The minimum atomic E-state index is -0.199. The van der Waals surface area contributed by atoms with Crippen molar-refractivity contribution in [3.05, 3.63) is 47.5 Å². The fraction of sp³-hybridized carbons (Fsp3) is 0.552. The molecule has 2 heterocycles. The van der Waals surface area contributed by atoms with Crippen molar-refractivity contribution in [3.8, 4) is 0 Å². The van der Waals surface area contributed by atoms with Crippen LogP contribution in [-0.2, 0) is 4.79 Å². The molecule has 2 aromatic carbocycles. The molecule has 0 aromatic heterocycles. The molecule has 2 aromatic rings. The van der Waals surface area contributed by atoms with Crippen LogP contribution >= 0.6 is 0 Å². The highest BCUT2D eigenvalue weighted by atomic mass is 16.2. The van der Waals surface area contributed by atoms with E-state index >= 15 is 0 Å². The van der Waals surface area contributed by atoms with E-state index in [1.807, 2.05) is 36.4 Å². The maximum Gasteiger partial charge on any atom is 0.261 e. The van der Waals surface area contributed by atoms with Gasteiger partial charge in [0.1, 0.15) is 0 Å². The maximum atomic E-state index is 13.7. The third-order valence-corrected chi connectivity index (χ3v) is 9.65. The number of rotatable bonds is 4. The van der Waals surface area contributed by atoms with Crippen molar-refractivity contribution in [2.45, 2.75) is 38.5 Å². The van der Waals surface area contributed by atoms with Crippen molar-refractivity contribution in [2.75, 3.05) is 39.3 Å². The van der Waals surface area contributed by atoms with E-state index < -0.39 is 0 Å². The summed E-state index contributed by atoms with van der Waals surface area (Å²) >= 11 is 0. The van der Waals surface area contributed by atoms with E-state index in [-0.39, 0.29) is 17.2 Å². The van der Waals surface area contributed by atoms with Gasteiger partial charge in [-0.1, -0.05) is 24.3 Å². The molecule has 4 saturated carbocycles. The first kappa shape index (κ1) is 21.5. The average molecular weight is 472 g/mol. The molecule has 0 spiro atoms. The summed E-state index contributed by atoms with van der Waals surface area (Å²) in [4.78, 5) is 45.8. The first-order valence-corrected chi connectivity index (χ1v) is 13.4. The highest BCUT2D eigenvalue weighted by molar-refractivity contribution is 6.25. The lowest BCUT2D eigenvalue weighted by atomic mass is 9.49. The van der Waals surface area contributed by atoms with Crippen LogP contribution in [-0.4, -0.2) is 71.7 Å². The van der Waals surface area contributed by atoms with Crippen molar-refractivity contribution in [1.82, 2.24) is 14.7 Å². The summed E-state index contributed by atoms with van der Waals surface area (Å²) in [5, 5.41) is 1.71. The van der Waals surface area contributed by atoms with E-state index in [1.165, 1.54) is 24.2 Å². The third-order valence-electron chi connectivity index (χ3n) is 9.65. The van der Waals surface area contributed by atoms with Crippen LogP contribution in [0.15, 0.2) is 36.4 Å². The summed E-state index contributed by atoms with van der Waals surface area (Å²) in [6, 6.07) is 11.3. The van der Waals surface area contributed by atoms with E-state index in [1.54, 1.807) is 0 Å². The van der Waals surface area contributed by atoms with E-state index in [4.69, 9.17) is 0 Å². The van der Waals surface area contributed by atoms with Gasteiger partial charge < -0.3 is 4.90 Å². The van der Waals surface area contributed by atoms with Crippen LogP contribution in [0, 0.1) is 23.2 Å². The second-order valence-corrected chi connectivity index (χ2v) is 11.8. The Kier molecular flexibility index (Phi) is 4.86. The molecule has 1 saturated heterocycles. The van der Waals surface area contributed by atoms with Gasteiger partial charge in [0.2, 0.25) is 5.91 Å². The van der Waals surface area contributed by atoms with Gasteiger partial charge in [0.15, 0.2) is 0 Å². The van der Waals surface area contributed by atoms with Crippen LogP contribution in [0.25, 0.3) is 10.8 Å². The highest BCUT2D eigenvalue weighted by Crippen LogP contribution is 2.60. The molecule has 0 radical (unpaired) electrons. The SMILES string of the molecule is O=C1c2cccc3cccc(c23)C(=O)N1CCN1CCN(C(=O)C23CC4CC(CC(C4)C2)C3)CC1. The van der Waals surface area contributed by atoms with Gasteiger partial charge in [0.25, 0.3) is 11.8 Å². The summed E-state index contributed by atoms with van der Waals surface area (Å²) in [6.07, 6.45) is 7.41. The van der Waals surface area contributed by atoms with E-state index in [9.17, 15) is 14.4 Å². The Morgan fingerprint density at radius 3 is 1.86 bits per heavy atom. The average Bonchev–Trinajstić information content (AvgIpc) is 2.86. The van der Waals surface area contributed by atoms with Gasteiger partial charge in [-0.05, 0) is 73.8 Å². The smallest absolute Gasteiger partial charge is 0.261 e. The number of hydrogen-bond donors (Lipinski definition) is 0. The number of amides is 3. The summed E-state index contributed by atoms with van der Waals surface area (Å²) < 4.78 is 0. The van der Waals surface area contributed by atoms with Crippen molar-refractivity contribution < 1.29 is 14.4 Å². The number of benzene rings is 2. The van der Waals surface area contributed by atoms with Crippen LogP contribution in [0.2, 0.25) is 0 Å². The van der Waals surface area contributed by atoms with Crippen LogP contribution < -0.4 is 0 Å². The summed E-state index contributed by atoms with van der Waals surface area (Å²) in [7, 11) is 0. The van der Waals surface area contributed by atoms with E-state index in [0.29, 0.717) is 30.1 Å². The van der Waals surface area contributed by atoms with Gasteiger partial charge in [-0.3, -0.25) is 24.2 Å². The van der Waals surface area contributed by atoms with Crippen molar-refractivity contribution >= 4 is 28.5 Å². The van der Waals surface area contributed by atoms with E-state index in [2.05, 4.69) is 9.80 Å². The number of carbonyl (C=O) groups excluding carboxylic acids is 3. The molecule has 3 amide bonds. The Balaban J connectivity index is 0.990. The largest absolute Gasteiger partial charge is 0.340 e. The van der Waals surface area contributed by atoms with Gasteiger partial charge in [0, 0.05) is 55.8 Å². The molecule has 0 atom stereocenters. The minimum absolute atomic E-state index is 0.0715. The summed E-state index contributed by atoms with van der Waals surface area (Å²) in [5.74, 6) is 2.36. The number of carbonyl (C=O) groups is 3. The maximum absolute atomic E-state index is 13.7. The van der Waals surface area contributed by atoms with E-state index in [0.717, 1.165) is 74.0 Å². The first-order valence-electron chi connectivity index (χ1n) is 13.4. The quantitative estimate of drug-likeness (QED) is 0.637. The molecule has 0 N–H and O–H groups in total. The van der Waals surface area contributed by atoms with Crippen LogP contribution in [0.4, 0.5) is 0 Å². The Morgan fingerprint density at radius 1 is 0.771 bits per heavy atom. The zero-order valence-corrected chi connectivity index (χ0v) is 20.2. The van der Waals surface area contributed by atoms with Crippen molar-refractivity contribution in [1.29, 1.82) is 0 Å². The molecule has 5 fully saturated rings. The van der Waals surface area contributed by atoms with Gasteiger partial charge >= 0.3 is 0 Å². The lowest BCUT2D eigenvalue weighted by Gasteiger charge is -2.57. The lowest BCUT2D eigenvalue weighted by Crippen LogP contribution is -2.58. The van der Waals surface area contributed by atoms with Gasteiger partial charge in [0.05, 0.1) is 5.41 Å². The number of nitrogens with zero attached hydrogens (tertiary/aromatic N) is 3. The van der Waals surface area contributed by atoms with Crippen LogP contribution in [0.3, 0.4) is 0 Å². The molecule has 4 aliphatic carbocycles. The molecule has 35 heavy (non-hydrogen) atoms. The van der Waals surface area contributed by atoms with Crippen molar-refractivity contribution in [3.63, 3.8) is 0 Å². The standard InChI is InChI=1S/C29H33N3O3/c33-26-23-5-1-3-22-4-2-6-24(25(22)23)27(34)32(26)12-9-30-7-10-31(11-8-30)28(35)29-16-19-13-20(17-29)15-21(14-19)18-29/h1-6,19-21H,7-18H2. The molecule has 6 nitrogen and oxygen atoms in total. The summed E-state index contributed by atoms with van der Waals surface area (Å²) in [5.41, 5.74) is 1.16. The number of piperazine rings is 1. The predicted molar refractivity (Wildman–Crippen MR) is 133 cm³/mol. The van der Waals surface area contributed by atoms with Gasteiger partial charge in [-0.15, -0.1) is 0 Å². The van der Waals surface area contributed by atoms with Crippen LogP contribution in [0.1, 0.15) is 59.2 Å². The molecule has 6 aliphatic rings. The molecule has 182 valence electrons. The summed E-state index contributed by atoms with van der Waals surface area (Å²) in [6.45, 7) is 4.15. The minimum Gasteiger partial charge on any atom is -0.340 e. The van der Waals surface area contributed by atoms with Crippen LogP contribution in [0.5, 0.6) is 0 Å². The zero-order valence-electron chi connectivity index (χ0n) is 20.2. The lowest BCUT2D eigenvalue weighted by molar-refractivity contribution is -0.159. The second kappa shape index (κ2) is 7.89. The molecule has 2 aliphatic heterocycles. The molecule has 8 rings (SSSR count). The topological polar surface area (TPSA) is 60.9 Å². The Morgan fingerprint density at radius 2 is 1.31 bits per heavy atom. The predicted octanol–water partition coefficient (Wildman–Crippen LogP) is 3.80. The number of imide groups is 1. The normalized spacial score (nSPS) is 32.1.